The van der Waals surface area contributed by atoms with E-state index in [-0.39, 0.29) is 11.5 Å². The number of hydrogen-bond donors (Lipinski definition) is 2. The van der Waals surface area contributed by atoms with E-state index in [4.69, 9.17) is 10.5 Å². The molecule has 1 heterocycles. The highest BCUT2D eigenvalue weighted by molar-refractivity contribution is 7.84. The van der Waals surface area contributed by atoms with Crippen LogP contribution in [0.2, 0.25) is 0 Å². The Balaban J connectivity index is 1.74. The Kier molecular flexibility index (Phi) is 5.51. The molecule has 1 atom stereocenters. The second-order valence-electron chi connectivity index (χ2n) is 5.77. The third kappa shape index (κ3) is 4.32. The molecule has 3 rings (SSSR count). The van der Waals surface area contributed by atoms with Crippen molar-refractivity contribution in [1.82, 2.24) is 15.0 Å². The number of nitrogens with two attached hydrogens (primary N) is 1. The number of nitrogens with one attached hydrogen (secondary N) is 1. The lowest BCUT2D eigenvalue weighted by Crippen LogP contribution is -2.15. The van der Waals surface area contributed by atoms with Crippen LogP contribution >= 0.6 is 0 Å². The van der Waals surface area contributed by atoms with E-state index in [0.29, 0.717) is 18.0 Å². The molecular formula is C18H19N5O3S. The van der Waals surface area contributed by atoms with Crippen molar-refractivity contribution in [2.24, 2.45) is 0 Å². The Labute approximate surface area is 158 Å². The predicted molar refractivity (Wildman–Crippen MR) is 103 cm³/mol. The summed E-state index contributed by atoms with van der Waals surface area (Å²) in [6, 6.07) is 14.2. The van der Waals surface area contributed by atoms with Gasteiger partial charge in [0.1, 0.15) is 5.75 Å². The van der Waals surface area contributed by atoms with Gasteiger partial charge in [-0.3, -0.25) is 9.00 Å². The van der Waals surface area contributed by atoms with Gasteiger partial charge in [-0.25, -0.2) is 4.68 Å². The Morgan fingerprint density at radius 1 is 1.26 bits per heavy atom. The van der Waals surface area contributed by atoms with Crippen molar-refractivity contribution in [3.63, 3.8) is 0 Å². The number of amides is 1. The summed E-state index contributed by atoms with van der Waals surface area (Å²) >= 11 is 0. The molecule has 0 aliphatic heterocycles. The minimum atomic E-state index is -1.03. The Bertz CT molecular complexity index is 985. The first-order valence-electron chi connectivity index (χ1n) is 8.04. The zero-order valence-electron chi connectivity index (χ0n) is 14.9. The van der Waals surface area contributed by atoms with E-state index in [0.717, 1.165) is 10.5 Å². The zero-order chi connectivity index (χ0) is 19.4. The van der Waals surface area contributed by atoms with Crippen LogP contribution in [0.25, 0.3) is 0 Å². The van der Waals surface area contributed by atoms with E-state index in [2.05, 4.69) is 15.6 Å². The molecule has 3 N–H and O–H groups in total. The van der Waals surface area contributed by atoms with Gasteiger partial charge in [-0.15, -0.1) is 5.10 Å². The molecule has 0 spiro atoms. The van der Waals surface area contributed by atoms with Crippen molar-refractivity contribution >= 4 is 28.2 Å². The summed E-state index contributed by atoms with van der Waals surface area (Å²) < 4.78 is 18.0. The van der Waals surface area contributed by atoms with Gasteiger partial charge in [0.25, 0.3) is 5.91 Å². The van der Waals surface area contributed by atoms with E-state index in [1.807, 2.05) is 12.1 Å². The first-order chi connectivity index (χ1) is 13.0. The number of carbonyl (C=O) groups is 1. The van der Waals surface area contributed by atoms with Gasteiger partial charge in [0, 0.05) is 33.7 Å². The van der Waals surface area contributed by atoms with E-state index in [9.17, 15) is 9.00 Å². The molecule has 9 heteroatoms. The lowest BCUT2D eigenvalue weighted by Gasteiger charge is -2.07. The molecule has 1 unspecified atom stereocenters. The lowest BCUT2D eigenvalue weighted by atomic mass is 10.2. The molecule has 27 heavy (non-hydrogen) atoms. The lowest BCUT2D eigenvalue weighted by molar-refractivity contribution is 0.102. The third-order valence-electron chi connectivity index (χ3n) is 3.90. The zero-order valence-corrected chi connectivity index (χ0v) is 15.7. The van der Waals surface area contributed by atoms with Crippen LogP contribution in [0.3, 0.4) is 0 Å². The third-order valence-corrected chi connectivity index (χ3v) is 4.84. The standard InChI is InChI=1S/C18H19N5O3S/c1-26-14-5-3-4-13(10-14)20-18(24)16-17(19)23(22-21-16)11-12-6-8-15(9-7-12)27(2)25/h3-10H,11,19H2,1-2H3,(H,20,24). The van der Waals surface area contributed by atoms with Gasteiger partial charge in [-0.2, -0.15) is 0 Å². The van der Waals surface area contributed by atoms with Gasteiger partial charge in [0.15, 0.2) is 11.5 Å². The first-order valence-corrected chi connectivity index (χ1v) is 9.60. The number of carbonyl (C=O) groups excluding carboxylic acids is 1. The maximum atomic E-state index is 12.4. The SMILES string of the molecule is COc1cccc(NC(=O)c2nnn(Cc3ccc(S(C)=O)cc3)c2N)c1. The van der Waals surface area contributed by atoms with Gasteiger partial charge in [-0.05, 0) is 29.8 Å². The summed E-state index contributed by atoms with van der Waals surface area (Å²) in [4.78, 5) is 13.2. The molecule has 0 saturated carbocycles. The highest BCUT2D eigenvalue weighted by Gasteiger charge is 2.18. The quantitative estimate of drug-likeness (QED) is 0.670. The minimum Gasteiger partial charge on any atom is -0.497 e. The Morgan fingerprint density at radius 2 is 2.00 bits per heavy atom. The molecule has 0 radical (unpaired) electrons. The second-order valence-corrected chi connectivity index (χ2v) is 7.14. The molecule has 140 valence electrons. The van der Waals surface area contributed by atoms with E-state index in [1.165, 1.54) is 4.68 Å². The molecule has 1 amide bonds. The van der Waals surface area contributed by atoms with Crippen molar-refractivity contribution in [2.75, 3.05) is 24.4 Å². The van der Waals surface area contributed by atoms with Crippen LogP contribution in [-0.2, 0) is 17.3 Å². The summed E-state index contributed by atoms with van der Waals surface area (Å²) in [6.45, 7) is 0.349. The number of nitrogen functional groups attached to an aromatic ring is 1. The largest absolute Gasteiger partial charge is 0.497 e. The van der Waals surface area contributed by atoms with E-state index >= 15 is 0 Å². The number of ether oxygens (including phenoxy) is 1. The number of anilines is 2. The number of methoxy groups -OCH3 is 1. The molecule has 1 aromatic heterocycles. The number of benzene rings is 2. The molecule has 0 aliphatic carbocycles. The molecule has 0 bridgehead atoms. The topological polar surface area (TPSA) is 112 Å². The molecular weight excluding hydrogens is 366 g/mol. The fraction of sp³-hybridized carbons (Fsp3) is 0.167. The van der Waals surface area contributed by atoms with Crippen LogP contribution in [0, 0.1) is 0 Å². The van der Waals surface area contributed by atoms with Crippen molar-refractivity contribution in [2.45, 2.75) is 11.4 Å². The van der Waals surface area contributed by atoms with E-state index in [1.54, 1.807) is 49.8 Å². The van der Waals surface area contributed by atoms with E-state index < -0.39 is 16.7 Å². The summed E-state index contributed by atoms with van der Waals surface area (Å²) in [5, 5.41) is 10.6. The smallest absolute Gasteiger partial charge is 0.280 e. The van der Waals surface area contributed by atoms with Crippen LogP contribution in [0.1, 0.15) is 16.1 Å². The minimum absolute atomic E-state index is 0.0455. The Hall–Kier alpha value is -3.20. The van der Waals surface area contributed by atoms with Crippen LogP contribution in [0.15, 0.2) is 53.4 Å². The average Bonchev–Trinajstić information content (AvgIpc) is 3.03. The van der Waals surface area contributed by atoms with Crippen molar-refractivity contribution in [3.05, 3.63) is 59.8 Å². The highest BCUT2D eigenvalue weighted by Crippen LogP contribution is 2.19. The molecule has 0 aliphatic rings. The maximum Gasteiger partial charge on any atom is 0.280 e. The molecule has 2 aromatic carbocycles. The summed E-state index contributed by atoms with van der Waals surface area (Å²) in [5.41, 5.74) is 7.56. The van der Waals surface area contributed by atoms with Gasteiger partial charge in [-0.1, -0.05) is 23.4 Å². The van der Waals surface area contributed by atoms with Crippen molar-refractivity contribution < 1.29 is 13.7 Å². The predicted octanol–water partition coefficient (Wildman–Crippen LogP) is 1.91. The highest BCUT2D eigenvalue weighted by atomic mass is 32.2. The fourth-order valence-corrected chi connectivity index (χ4v) is 2.97. The average molecular weight is 385 g/mol. The molecule has 0 saturated heterocycles. The maximum absolute atomic E-state index is 12.4. The van der Waals surface area contributed by atoms with Crippen LogP contribution in [0.4, 0.5) is 11.5 Å². The molecule has 0 fully saturated rings. The number of nitrogens with zero attached hydrogens (tertiary/aromatic N) is 3. The van der Waals surface area contributed by atoms with Gasteiger partial charge < -0.3 is 15.8 Å². The number of aromatic nitrogens is 3. The number of hydrogen-bond acceptors (Lipinski definition) is 6. The monoisotopic (exact) mass is 385 g/mol. The number of rotatable bonds is 6. The van der Waals surface area contributed by atoms with Gasteiger partial charge in [0.2, 0.25) is 0 Å². The summed E-state index contributed by atoms with van der Waals surface area (Å²) in [7, 11) is 0.517. The fourth-order valence-electron chi connectivity index (χ4n) is 2.45. The molecule has 8 nitrogen and oxygen atoms in total. The van der Waals surface area contributed by atoms with Crippen LogP contribution < -0.4 is 15.8 Å². The summed E-state index contributed by atoms with van der Waals surface area (Å²) in [5.74, 6) is 0.336. The Morgan fingerprint density at radius 3 is 2.67 bits per heavy atom. The first kappa shape index (κ1) is 18.6. The van der Waals surface area contributed by atoms with Crippen molar-refractivity contribution in [3.8, 4) is 5.75 Å². The molecule has 3 aromatic rings. The normalized spacial score (nSPS) is 11.8. The van der Waals surface area contributed by atoms with Crippen LogP contribution in [-0.4, -0.2) is 38.5 Å². The van der Waals surface area contributed by atoms with Crippen LogP contribution in [0.5, 0.6) is 5.75 Å². The van der Waals surface area contributed by atoms with Crippen molar-refractivity contribution in [1.29, 1.82) is 0 Å². The van der Waals surface area contributed by atoms with Gasteiger partial charge in [0.05, 0.1) is 13.7 Å². The summed E-state index contributed by atoms with van der Waals surface area (Å²) in [6.07, 6.45) is 1.62. The second kappa shape index (κ2) is 8.00. The van der Waals surface area contributed by atoms with Gasteiger partial charge >= 0.3 is 0 Å².